The number of amides is 1. The molecule has 1 amide bonds. The van der Waals surface area contributed by atoms with Gasteiger partial charge >= 0.3 is 5.97 Å². The number of hydrogen-bond acceptors (Lipinski definition) is 7. The number of methoxy groups -OCH3 is 1. The first-order valence-corrected chi connectivity index (χ1v) is 7.66. The van der Waals surface area contributed by atoms with Gasteiger partial charge < -0.3 is 15.0 Å². The van der Waals surface area contributed by atoms with E-state index < -0.39 is 5.97 Å². The van der Waals surface area contributed by atoms with Gasteiger partial charge in [-0.15, -0.1) is 11.3 Å². The Hall–Kier alpha value is -2.81. The summed E-state index contributed by atoms with van der Waals surface area (Å²) in [5.74, 6) is -0.707. The van der Waals surface area contributed by atoms with Crippen LogP contribution in [0.2, 0.25) is 0 Å². The Labute approximate surface area is 137 Å². The standard InChI is InChI=1S/C14H13N5O3S.2H2/c1-22-11(21)3-2-10(20)19-14-18-9(6-23-14)12-8-4-5-15-13(8)17-7-16-12;;/h4-7H,2-3H2,1H3,(H,15,16,17)(H,18,19,20);2*1H. The van der Waals surface area contributed by atoms with Gasteiger partial charge in [0.2, 0.25) is 5.91 Å². The van der Waals surface area contributed by atoms with Crippen molar-refractivity contribution in [1.29, 1.82) is 0 Å². The average Bonchev–Trinajstić information content (AvgIpc) is 3.21. The molecule has 8 nitrogen and oxygen atoms in total. The summed E-state index contributed by atoms with van der Waals surface area (Å²) >= 11 is 1.29. The van der Waals surface area contributed by atoms with Crippen LogP contribution in [0, 0.1) is 0 Å². The highest BCUT2D eigenvalue weighted by Crippen LogP contribution is 2.28. The normalized spacial score (nSPS) is 10.7. The Morgan fingerprint density at radius 3 is 3.09 bits per heavy atom. The largest absolute Gasteiger partial charge is 0.469 e. The number of carbonyl (C=O) groups is 2. The van der Waals surface area contributed by atoms with Crippen molar-refractivity contribution >= 4 is 39.4 Å². The number of H-pyrrole nitrogens is 1. The highest BCUT2D eigenvalue weighted by Gasteiger charge is 2.13. The van der Waals surface area contributed by atoms with Crippen molar-refractivity contribution in [2.45, 2.75) is 12.8 Å². The molecule has 3 rings (SSSR count). The topological polar surface area (TPSA) is 110 Å². The second-order valence-electron chi connectivity index (χ2n) is 4.62. The van der Waals surface area contributed by atoms with E-state index in [0.29, 0.717) is 16.5 Å². The zero-order chi connectivity index (χ0) is 16.2. The fraction of sp³-hybridized carbons (Fsp3) is 0.214. The molecule has 3 aromatic rings. The van der Waals surface area contributed by atoms with Crippen molar-refractivity contribution in [3.8, 4) is 11.4 Å². The molecule has 0 bridgehead atoms. The molecule has 0 atom stereocenters. The summed E-state index contributed by atoms with van der Waals surface area (Å²) in [5, 5.41) is 5.79. The van der Waals surface area contributed by atoms with E-state index in [1.807, 2.05) is 11.4 Å². The third-order valence-corrected chi connectivity index (χ3v) is 3.89. The van der Waals surface area contributed by atoms with Crippen LogP contribution in [-0.2, 0) is 14.3 Å². The van der Waals surface area contributed by atoms with Crippen LogP contribution in [0.1, 0.15) is 15.7 Å². The van der Waals surface area contributed by atoms with Gasteiger partial charge in [0, 0.05) is 26.2 Å². The highest BCUT2D eigenvalue weighted by atomic mass is 32.1. The van der Waals surface area contributed by atoms with Crippen LogP contribution in [-0.4, -0.2) is 38.9 Å². The summed E-state index contributed by atoms with van der Waals surface area (Å²) < 4.78 is 4.50. The molecule has 0 saturated heterocycles. The molecule has 9 heteroatoms. The smallest absolute Gasteiger partial charge is 0.306 e. The fourth-order valence-corrected chi connectivity index (χ4v) is 2.73. The number of thiazole rings is 1. The molecule has 23 heavy (non-hydrogen) atoms. The molecule has 0 aliphatic heterocycles. The first-order valence-electron chi connectivity index (χ1n) is 6.78. The lowest BCUT2D eigenvalue weighted by molar-refractivity contribution is -0.141. The van der Waals surface area contributed by atoms with Crippen molar-refractivity contribution in [3.63, 3.8) is 0 Å². The van der Waals surface area contributed by atoms with E-state index in [4.69, 9.17) is 0 Å². The Morgan fingerprint density at radius 1 is 1.39 bits per heavy atom. The predicted molar refractivity (Wildman–Crippen MR) is 89.1 cm³/mol. The number of hydrogen-bond donors (Lipinski definition) is 2. The third kappa shape index (κ3) is 3.34. The number of aromatic amines is 1. The molecule has 2 N–H and O–H groups in total. The second kappa shape index (κ2) is 6.53. The van der Waals surface area contributed by atoms with Crippen LogP contribution in [0.4, 0.5) is 5.13 Å². The Balaban J connectivity index is 0.00000156. The van der Waals surface area contributed by atoms with Gasteiger partial charge in [-0.1, -0.05) is 0 Å². The van der Waals surface area contributed by atoms with Gasteiger partial charge in [0.1, 0.15) is 23.4 Å². The average molecular weight is 335 g/mol. The number of rotatable bonds is 5. The first kappa shape index (κ1) is 15.1. The first-order chi connectivity index (χ1) is 11.2. The number of fused-ring (bicyclic) bond motifs is 1. The van der Waals surface area contributed by atoms with E-state index in [1.165, 1.54) is 24.8 Å². The molecule has 0 unspecified atom stereocenters. The van der Waals surface area contributed by atoms with Crippen molar-refractivity contribution in [3.05, 3.63) is 24.0 Å². The lowest BCUT2D eigenvalue weighted by Gasteiger charge is -2.01. The second-order valence-corrected chi connectivity index (χ2v) is 5.48. The molecule has 3 heterocycles. The lowest BCUT2D eigenvalue weighted by atomic mass is 10.2. The summed E-state index contributed by atoms with van der Waals surface area (Å²) in [4.78, 5) is 38.5. The van der Waals surface area contributed by atoms with Crippen LogP contribution in [0.25, 0.3) is 22.4 Å². The van der Waals surface area contributed by atoms with E-state index in [1.54, 1.807) is 6.20 Å². The fourth-order valence-electron chi connectivity index (χ4n) is 2.02. The maximum atomic E-state index is 11.8. The molecule has 122 valence electrons. The monoisotopic (exact) mass is 335 g/mol. The molecule has 0 saturated carbocycles. The summed E-state index contributed by atoms with van der Waals surface area (Å²) in [6.45, 7) is 0. The molecule has 0 aliphatic rings. The predicted octanol–water partition coefficient (Wildman–Crippen LogP) is 2.47. The summed E-state index contributed by atoms with van der Waals surface area (Å²) in [6.07, 6.45) is 3.33. The van der Waals surface area contributed by atoms with Crippen molar-refractivity contribution in [2.75, 3.05) is 12.4 Å². The van der Waals surface area contributed by atoms with Crippen molar-refractivity contribution in [2.24, 2.45) is 0 Å². The quantitative estimate of drug-likeness (QED) is 0.693. The maximum Gasteiger partial charge on any atom is 0.306 e. The molecular formula is C14H17N5O3S. The van der Waals surface area contributed by atoms with E-state index in [2.05, 4.69) is 30.0 Å². The number of ether oxygens (including phenoxy) is 1. The minimum atomic E-state index is -0.421. The Bertz CT molecular complexity index is 867. The van der Waals surface area contributed by atoms with Crippen LogP contribution in [0.5, 0.6) is 0 Å². The SMILES string of the molecule is COC(=O)CCC(=O)Nc1nc(-c2ncnc3[nH]ccc23)cs1.[HH].[HH]. The number of anilines is 1. The van der Waals surface area contributed by atoms with Crippen molar-refractivity contribution < 1.29 is 17.2 Å². The zero-order valence-electron chi connectivity index (χ0n) is 12.2. The highest BCUT2D eigenvalue weighted by molar-refractivity contribution is 7.14. The third-order valence-electron chi connectivity index (χ3n) is 3.13. The van der Waals surface area contributed by atoms with Gasteiger partial charge in [-0.2, -0.15) is 0 Å². The van der Waals surface area contributed by atoms with Crippen LogP contribution in [0.3, 0.4) is 0 Å². The minimum absolute atomic E-state index is 0. The van der Waals surface area contributed by atoms with E-state index in [9.17, 15) is 9.59 Å². The molecular weight excluding hydrogens is 318 g/mol. The van der Waals surface area contributed by atoms with E-state index >= 15 is 0 Å². The van der Waals surface area contributed by atoms with Gasteiger partial charge in [-0.05, 0) is 6.07 Å². The number of aromatic nitrogens is 4. The van der Waals surface area contributed by atoms with Gasteiger partial charge in [0.05, 0.1) is 13.5 Å². The molecule has 0 fully saturated rings. The Kier molecular flexibility index (Phi) is 4.29. The van der Waals surface area contributed by atoms with Gasteiger partial charge in [-0.25, -0.2) is 15.0 Å². The van der Waals surface area contributed by atoms with Crippen LogP contribution < -0.4 is 5.32 Å². The van der Waals surface area contributed by atoms with Gasteiger partial charge in [0.25, 0.3) is 0 Å². The van der Waals surface area contributed by atoms with Gasteiger partial charge in [0.15, 0.2) is 5.13 Å². The van der Waals surface area contributed by atoms with Gasteiger partial charge in [-0.3, -0.25) is 9.59 Å². The maximum absolute atomic E-state index is 11.8. The summed E-state index contributed by atoms with van der Waals surface area (Å²) in [5.41, 5.74) is 2.08. The van der Waals surface area contributed by atoms with Crippen LogP contribution >= 0.6 is 11.3 Å². The zero-order valence-corrected chi connectivity index (χ0v) is 13.0. The molecule has 0 aromatic carbocycles. The lowest BCUT2D eigenvalue weighted by Crippen LogP contribution is -2.13. The number of nitrogens with one attached hydrogen (secondary N) is 2. The van der Waals surface area contributed by atoms with Crippen molar-refractivity contribution in [1.82, 2.24) is 19.9 Å². The molecule has 3 aromatic heterocycles. The minimum Gasteiger partial charge on any atom is -0.469 e. The molecule has 0 spiro atoms. The number of nitrogens with zero attached hydrogens (tertiary/aromatic N) is 3. The molecule has 0 aliphatic carbocycles. The number of esters is 1. The molecule has 0 radical (unpaired) electrons. The van der Waals surface area contributed by atoms with Crippen LogP contribution in [0.15, 0.2) is 24.0 Å². The number of carbonyl (C=O) groups excluding carboxylic acids is 2. The van der Waals surface area contributed by atoms with E-state index in [0.717, 1.165) is 11.0 Å². The van der Waals surface area contributed by atoms with E-state index in [-0.39, 0.29) is 21.6 Å². The Morgan fingerprint density at radius 2 is 2.26 bits per heavy atom. The summed E-state index contributed by atoms with van der Waals surface area (Å²) in [6, 6.07) is 1.87. The summed E-state index contributed by atoms with van der Waals surface area (Å²) in [7, 11) is 1.29.